The van der Waals surface area contributed by atoms with Crippen molar-refractivity contribution in [2.24, 2.45) is 0 Å². The molecule has 3 rings (SSSR count). The number of anilines is 1. The second-order valence-electron chi connectivity index (χ2n) is 5.77. The second-order valence-corrected chi connectivity index (χ2v) is 7.11. The molecule has 112 valence electrons. The number of para-hydroxylation sites is 1. The van der Waals surface area contributed by atoms with Crippen LogP contribution in [0.5, 0.6) is 0 Å². The molecule has 0 saturated carbocycles. The number of nitrogens with one attached hydrogen (secondary N) is 1. The summed E-state index contributed by atoms with van der Waals surface area (Å²) in [6.07, 6.45) is 2.38. The molecule has 3 heteroatoms. The Balaban J connectivity index is 1.68. The molecule has 0 fully saturated rings. The van der Waals surface area contributed by atoms with Gasteiger partial charge in [0.25, 0.3) is 0 Å². The normalized spacial score (nSPS) is 13.7. The highest BCUT2D eigenvalue weighted by atomic mass is 32.1. The first-order valence-electron chi connectivity index (χ1n) is 7.89. The number of hydrogen-bond acceptors (Lipinski definition) is 3. The lowest BCUT2D eigenvalue weighted by molar-refractivity contribution is 0.681. The molecule has 1 aliphatic rings. The number of benzene rings is 1. The summed E-state index contributed by atoms with van der Waals surface area (Å²) in [6.45, 7) is 8.78. The third-order valence-corrected chi connectivity index (χ3v) is 5.23. The lowest BCUT2D eigenvalue weighted by atomic mass is 10.2. The van der Waals surface area contributed by atoms with Crippen LogP contribution in [0.15, 0.2) is 30.3 Å². The fourth-order valence-corrected chi connectivity index (χ4v) is 4.02. The first-order valence-corrected chi connectivity index (χ1v) is 8.71. The van der Waals surface area contributed by atoms with Gasteiger partial charge in [0, 0.05) is 35.1 Å². The number of aryl methyl sites for hydroxylation is 1. The quantitative estimate of drug-likeness (QED) is 0.807. The summed E-state index contributed by atoms with van der Waals surface area (Å²) >= 11 is 1.94. The highest BCUT2D eigenvalue weighted by Gasteiger charge is 2.19. The van der Waals surface area contributed by atoms with E-state index in [4.69, 9.17) is 0 Å². The van der Waals surface area contributed by atoms with E-state index in [0.717, 1.165) is 26.2 Å². The fraction of sp³-hybridized carbons (Fsp3) is 0.444. The maximum atomic E-state index is 3.50. The smallest absolute Gasteiger partial charge is 0.0440 e. The van der Waals surface area contributed by atoms with Gasteiger partial charge in [-0.15, -0.1) is 11.3 Å². The summed E-state index contributed by atoms with van der Waals surface area (Å²) in [5, 5.41) is 3.50. The van der Waals surface area contributed by atoms with E-state index < -0.39 is 0 Å². The number of hydrogen-bond donors (Lipinski definition) is 1. The van der Waals surface area contributed by atoms with Gasteiger partial charge in [0.15, 0.2) is 0 Å². The highest BCUT2D eigenvalue weighted by molar-refractivity contribution is 7.12. The van der Waals surface area contributed by atoms with Crippen molar-refractivity contribution in [3.05, 3.63) is 51.2 Å². The number of rotatable bonds is 6. The average molecular weight is 300 g/mol. The van der Waals surface area contributed by atoms with Gasteiger partial charge in [-0.1, -0.05) is 25.1 Å². The van der Waals surface area contributed by atoms with Gasteiger partial charge in [0.05, 0.1) is 0 Å². The SMILES string of the molecule is CCCNCc1cc(CN2CCc3ccccc32)c(C)s1. The molecule has 2 nitrogen and oxygen atoms in total. The fourth-order valence-electron chi connectivity index (χ4n) is 3.00. The van der Waals surface area contributed by atoms with E-state index in [-0.39, 0.29) is 0 Å². The molecule has 0 atom stereocenters. The van der Waals surface area contributed by atoms with Gasteiger partial charge in [0.2, 0.25) is 0 Å². The largest absolute Gasteiger partial charge is 0.367 e. The molecule has 2 aromatic rings. The van der Waals surface area contributed by atoms with E-state index in [1.807, 2.05) is 11.3 Å². The third kappa shape index (κ3) is 3.30. The van der Waals surface area contributed by atoms with Gasteiger partial charge in [0.1, 0.15) is 0 Å². The molecule has 2 heterocycles. The third-order valence-electron chi connectivity index (χ3n) is 4.14. The number of nitrogens with zero attached hydrogens (tertiary/aromatic N) is 1. The Morgan fingerprint density at radius 2 is 2.14 bits per heavy atom. The molecule has 1 aromatic heterocycles. The van der Waals surface area contributed by atoms with Gasteiger partial charge >= 0.3 is 0 Å². The van der Waals surface area contributed by atoms with Crippen molar-refractivity contribution >= 4 is 17.0 Å². The minimum atomic E-state index is 1.01. The predicted molar refractivity (Wildman–Crippen MR) is 92.2 cm³/mol. The van der Waals surface area contributed by atoms with Crippen LogP contribution in [0.25, 0.3) is 0 Å². The maximum Gasteiger partial charge on any atom is 0.0440 e. The average Bonchev–Trinajstić information content (AvgIpc) is 3.05. The van der Waals surface area contributed by atoms with E-state index >= 15 is 0 Å². The Bertz CT molecular complexity index is 603. The van der Waals surface area contributed by atoms with Crippen LogP contribution in [0, 0.1) is 6.92 Å². The summed E-state index contributed by atoms with van der Waals surface area (Å²) in [5.41, 5.74) is 4.41. The number of thiophene rings is 1. The van der Waals surface area contributed by atoms with Gasteiger partial charge < -0.3 is 10.2 Å². The van der Waals surface area contributed by atoms with E-state index in [2.05, 4.69) is 54.4 Å². The first-order chi connectivity index (χ1) is 10.3. The van der Waals surface area contributed by atoms with E-state index in [1.54, 1.807) is 0 Å². The monoisotopic (exact) mass is 300 g/mol. The summed E-state index contributed by atoms with van der Waals surface area (Å²) < 4.78 is 0. The lowest BCUT2D eigenvalue weighted by Gasteiger charge is -2.19. The molecule has 0 unspecified atom stereocenters. The van der Waals surface area contributed by atoms with Crippen LogP contribution in [0.3, 0.4) is 0 Å². The Labute approximate surface area is 131 Å². The van der Waals surface area contributed by atoms with Crippen molar-refractivity contribution < 1.29 is 0 Å². The van der Waals surface area contributed by atoms with E-state index in [0.29, 0.717) is 0 Å². The molecule has 0 spiro atoms. The summed E-state index contributed by atoms with van der Waals surface area (Å²) in [5.74, 6) is 0. The molecule has 0 saturated heterocycles. The lowest BCUT2D eigenvalue weighted by Crippen LogP contribution is -2.19. The topological polar surface area (TPSA) is 15.3 Å². The summed E-state index contributed by atoms with van der Waals surface area (Å²) in [6, 6.07) is 11.2. The first kappa shape index (κ1) is 14.6. The molecule has 1 aromatic carbocycles. The zero-order valence-corrected chi connectivity index (χ0v) is 13.8. The predicted octanol–water partition coefficient (Wildman–Crippen LogP) is 4.12. The molecule has 0 bridgehead atoms. The van der Waals surface area contributed by atoms with Crippen LogP contribution in [0.1, 0.15) is 34.2 Å². The van der Waals surface area contributed by atoms with Crippen LogP contribution in [-0.4, -0.2) is 13.1 Å². The maximum absolute atomic E-state index is 3.50. The second kappa shape index (κ2) is 6.63. The standard InChI is InChI=1S/C18H24N2S/c1-3-9-19-12-17-11-16(14(2)21-17)13-20-10-8-15-6-4-5-7-18(15)20/h4-7,11,19H,3,8-10,12-13H2,1-2H3. The Kier molecular flexibility index (Phi) is 4.61. The Morgan fingerprint density at radius 3 is 3.00 bits per heavy atom. The molecular weight excluding hydrogens is 276 g/mol. The van der Waals surface area contributed by atoms with Crippen molar-refractivity contribution in [2.75, 3.05) is 18.0 Å². The van der Waals surface area contributed by atoms with Crippen LogP contribution in [0.2, 0.25) is 0 Å². The minimum absolute atomic E-state index is 1.01. The molecule has 1 N–H and O–H groups in total. The van der Waals surface area contributed by atoms with Crippen molar-refractivity contribution in [1.29, 1.82) is 0 Å². The molecule has 0 radical (unpaired) electrons. The molecule has 1 aliphatic heterocycles. The Hall–Kier alpha value is -1.32. The zero-order chi connectivity index (χ0) is 14.7. The van der Waals surface area contributed by atoms with E-state index in [1.165, 1.54) is 39.4 Å². The van der Waals surface area contributed by atoms with Gasteiger partial charge in [-0.3, -0.25) is 0 Å². The minimum Gasteiger partial charge on any atom is -0.367 e. The van der Waals surface area contributed by atoms with Gasteiger partial charge in [-0.05, 0) is 49.6 Å². The summed E-state index contributed by atoms with van der Waals surface area (Å²) in [4.78, 5) is 5.45. The Morgan fingerprint density at radius 1 is 1.29 bits per heavy atom. The zero-order valence-electron chi connectivity index (χ0n) is 13.0. The number of fused-ring (bicyclic) bond motifs is 1. The van der Waals surface area contributed by atoms with Crippen LogP contribution in [0.4, 0.5) is 5.69 Å². The van der Waals surface area contributed by atoms with Crippen molar-refractivity contribution in [1.82, 2.24) is 5.32 Å². The highest BCUT2D eigenvalue weighted by Crippen LogP contribution is 2.31. The molecule has 0 aliphatic carbocycles. The van der Waals surface area contributed by atoms with Crippen LogP contribution in [-0.2, 0) is 19.5 Å². The molecular formula is C18H24N2S. The van der Waals surface area contributed by atoms with Crippen molar-refractivity contribution in [3.63, 3.8) is 0 Å². The summed E-state index contributed by atoms with van der Waals surface area (Å²) in [7, 11) is 0. The molecule has 0 amide bonds. The van der Waals surface area contributed by atoms with E-state index in [9.17, 15) is 0 Å². The van der Waals surface area contributed by atoms with Crippen LogP contribution < -0.4 is 10.2 Å². The van der Waals surface area contributed by atoms with Gasteiger partial charge in [-0.2, -0.15) is 0 Å². The van der Waals surface area contributed by atoms with Crippen molar-refractivity contribution in [3.8, 4) is 0 Å². The van der Waals surface area contributed by atoms with Crippen molar-refractivity contribution in [2.45, 2.75) is 39.8 Å². The van der Waals surface area contributed by atoms with Crippen LogP contribution >= 0.6 is 11.3 Å². The molecule has 21 heavy (non-hydrogen) atoms. The van der Waals surface area contributed by atoms with Gasteiger partial charge in [-0.25, -0.2) is 0 Å².